The van der Waals surface area contributed by atoms with Crippen molar-refractivity contribution in [2.45, 2.75) is 51.6 Å². The summed E-state index contributed by atoms with van der Waals surface area (Å²) in [6, 6.07) is 4.52. The Balaban J connectivity index is 0.00000129. The van der Waals surface area contributed by atoms with Gasteiger partial charge in [0.2, 0.25) is 24.6 Å². The standard InChI is InChI=1S/C17H21N5O4.C4H10.CH3NO/c1-22(15(16(18)25)6-11-2-4-13(24)5-3-11)17(26)14(21-10-23)7-12-8-19-9-20-12;1-3-4-2;2-1-3/h2-5,8-10,14-15,24H,6-7H2,1H3,(H2,18,25)(H,19,20)(H,21,23);3-4H2,1-2H3;1H,(H2,2,3). The van der Waals surface area contributed by atoms with Crippen LogP contribution < -0.4 is 16.8 Å². The first-order valence-electron chi connectivity index (χ1n) is 10.4. The molecule has 11 nitrogen and oxygen atoms in total. The number of nitrogens with zero attached hydrogens (tertiary/aromatic N) is 2. The van der Waals surface area contributed by atoms with E-state index in [2.05, 4.69) is 34.9 Å². The maximum absolute atomic E-state index is 12.8. The molecule has 1 heterocycles. The maximum Gasteiger partial charge on any atom is 0.245 e. The van der Waals surface area contributed by atoms with Crippen molar-refractivity contribution in [2.75, 3.05) is 7.05 Å². The number of amides is 4. The number of phenols is 1. The monoisotopic (exact) mass is 462 g/mol. The van der Waals surface area contributed by atoms with Gasteiger partial charge in [-0.05, 0) is 17.7 Å². The zero-order chi connectivity index (χ0) is 25.2. The molecule has 0 saturated carbocycles. The fourth-order valence-corrected chi connectivity index (χ4v) is 2.60. The highest BCUT2D eigenvalue weighted by Crippen LogP contribution is 2.14. The normalized spacial score (nSPS) is 11.4. The van der Waals surface area contributed by atoms with Crippen molar-refractivity contribution in [3.8, 4) is 5.75 Å². The first-order chi connectivity index (χ1) is 15.7. The van der Waals surface area contributed by atoms with E-state index in [1.165, 1.54) is 43.2 Å². The summed E-state index contributed by atoms with van der Waals surface area (Å²) in [7, 11) is 1.46. The molecule has 0 fully saturated rings. The molecule has 2 aromatic rings. The molecule has 0 radical (unpaired) electrons. The minimum absolute atomic E-state index is 0.101. The van der Waals surface area contributed by atoms with Gasteiger partial charge in [0.05, 0.1) is 6.33 Å². The van der Waals surface area contributed by atoms with E-state index < -0.39 is 23.9 Å². The third kappa shape index (κ3) is 11.3. The zero-order valence-electron chi connectivity index (χ0n) is 19.2. The molecular formula is C22H34N6O5. The molecule has 2 unspecified atom stereocenters. The number of unbranched alkanes of at least 4 members (excludes halogenated alkanes) is 1. The van der Waals surface area contributed by atoms with Gasteiger partial charge in [0.25, 0.3) is 0 Å². The molecule has 4 amide bonds. The molecule has 33 heavy (non-hydrogen) atoms. The van der Waals surface area contributed by atoms with E-state index in [-0.39, 0.29) is 25.0 Å². The molecule has 2 atom stereocenters. The number of aromatic amines is 1. The van der Waals surface area contributed by atoms with Crippen molar-refractivity contribution in [2.24, 2.45) is 11.5 Å². The number of likely N-dealkylation sites (N-methyl/N-ethyl adjacent to an activating group) is 1. The average Bonchev–Trinajstić information content (AvgIpc) is 3.31. The maximum atomic E-state index is 12.8. The molecule has 0 aliphatic carbocycles. The van der Waals surface area contributed by atoms with Crippen molar-refractivity contribution in [3.05, 3.63) is 48.0 Å². The van der Waals surface area contributed by atoms with Crippen molar-refractivity contribution in [3.63, 3.8) is 0 Å². The summed E-state index contributed by atoms with van der Waals surface area (Å²) in [6.07, 6.45) is 6.74. The largest absolute Gasteiger partial charge is 0.508 e. The number of phenolic OH excluding ortho intramolecular Hbond substituents is 1. The van der Waals surface area contributed by atoms with Crippen molar-refractivity contribution < 1.29 is 24.3 Å². The highest BCUT2D eigenvalue weighted by Gasteiger charge is 2.30. The molecule has 2 rings (SSSR count). The lowest BCUT2D eigenvalue weighted by molar-refractivity contribution is -0.140. The van der Waals surface area contributed by atoms with Crippen LogP contribution in [0.2, 0.25) is 0 Å². The lowest BCUT2D eigenvalue weighted by Crippen LogP contribution is -2.53. The molecule has 0 saturated heterocycles. The van der Waals surface area contributed by atoms with Gasteiger partial charge in [-0.2, -0.15) is 0 Å². The summed E-state index contributed by atoms with van der Waals surface area (Å²) in [6.45, 7) is 4.36. The molecule has 1 aromatic carbocycles. The summed E-state index contributed by atoms with van der Waals surface area (Å²) >= 11 is 0. The van der Waals surface area contributed by atoms with Gasteiger partial charge in [0.15, 0.2) is 0 Å². The minimum Gasteiger partial charge on any atom is -0.508 e. The third-order valence-electron chi connectivity index (χ3n) is 4.56. The minimum atomic E-state index is -0.898. The van der Waals surface area contributed by atoms with Crippen LogP contribution in [0.25, 0.3) is 0 Å². The van der Waals surface area contributed by atoms with E-state index >= 15 is 0 Å². The number of hydrogen-bond acceptors (Lipinski definition) is 6. The van der Waals surface area contributed by atoms with Crippen LogP contribution in [0.15, 0.2) is 36.8 Å². The van der Waals surface area contributed by atoms with Gasteiger partial charge < -0.3 is 31.8 Å². The number of rotatable bonds is 10. The number of aromatic hydroxyl groups is 1. The summed E-state index contributed by atoms with van der Waals surface area (Å²) in [5, 5.41) is 11.8. The molecule has 0 bridgehead atoms. The SMILES string of the molecule is CCCC.CN(C(=O)C(Cc1cnc[nH]1)NC=O)C(Cc1ccc(O)cc1)C(N)=O.NC=O. The third-order valence-corrected chi connectivity index (χ3v) is 4.56. The number of nitrogens with two attached hydrogens (primary N) is 2. The number of H-pyrrole nitrogens is 1. The quantitative estimate of drug-likeness (QED) is 0.315. The van der Waals surface area contributed by atoms with E-state index in [0.29, 0.717) is 12.1 Å². The van der Waals surface area contributed by atoms with Crippen molar-refractivity contribution in [1.82, 2.24) is 20.2 Å². The summed E-state index contributed by atoms with van der Waals surface area (Å²) in [5.74, 6) is -1.02. The Bertz CT molecular complexity index is 824. The highest BCUT2D eigenvalue weighted by atomic mass is 16.3. The summed E-state index contributed by atoms with van der Waals surface area (Å²) in [4.78, 5) is 52.1. The Morgan fingerprint density at radius 2 is 1.76 bits per heavy atom. The second-order valence-electron chi connectivity index (χ2n) is 6.99. The van der Waals surface area contributed by atoms with E-state index in [1.807, 2.05) is 0 Å². The predicted octanol–water partition coefficient (Wildman–Crippen LogP) is 0.235. The molecule has 11 heteroatoms. The van der Waals surface area contributed by atoms with Crippen LogP contribution in [-0.4, -0.2) is 63.7 Å². The summed E-state index contributed by atoms with van der Waals surface area (Å²) < 4.78 is 0. The van der Waals surface area contributed by atoms with Gasteiger partial charge in [0, 0.05) is 31.8 Å². The smallest absolute Gasteiger partial charge is 0.245 e. The van der Waals surface area contributed by atoms with Crippen LogP contribution in [-0.2, 0) is 32.0 Å². The zero-order valence-corrected chi connectivity index (χ0v) is 19.2. The first-order valence-corrected chi connectivity index (χ1v) is 10.4. The van der Waals surface area contributed by atoms with Gasteiger partial charge in [-0.25, -0.2) is 4.98 Å². The van der Waals surface area contributed by atoms with E-state index in [4.69, 9.17) is 10.5 Å². The van der Waals surface area contributed by atoms with Gasteiger partial charge in [0.1, 0.15) is 17.8 Å². The number of primary amides is 2. The Hall–Kier alpha value is -3.89. The number of hydrogen-bond donors (Lipinski definition) is 5. The van der Waals surface area contributed by atoms with E-state index in [9.17, 15) is 19.5 Å². The van der Waals surface area contributed by atoms with Crippen LogP contribution in [0.5, 0.6) is 5.75 Å². The Morgan fingerprint density at radius 1 is 1.18 bits per heavy atom. The number of imidazole rings is 1. The van der Waals surface area contributed by atoms with Crippen LogP contribution in [0.4, 0.5) is 0 Å². The van der Waals surface area contributed by atoms with E-state index in [1.54, 1.807) is 18.3 Å². The second kappa shape index (κ2) is 16.8. The van der Waals surface area contributed by atoms with Gasteiger partial charge in [-0.3, -0.25) is 19.2 Å². The second-order valence-corrected chi connectivity index (χ2v) is 6.99. The molecule has 0 aliphatic heterocycles. The number of benzene rings is 1. The summed E-state index contributed by atoms with van der Waals surface area (Å²) in [5.41, 5.74) is 11.0. The topological polar surface area (TPSA) is 184 Å². The molecule has 0 aliphatic rings. The number of aromatic nitrogens is 2. The molecule has 0 spiro atoms. The Kier molecular flexibility index (Phi) is 14.8. The average molecular weight is 463 g/mol. The first kappa shape index (κ1) is 29.1. The Morgan fingerprint density at radius 3 is 2.18 bits per heavy atom. The molecule has 7 N–H and O–H groups in total. The number of carbonyl (C=O) groups is 4. The van der Waals surface area contributed by atoms with Crippen LogP contribution in [0.1, 0.15) is 37.9 Å². The molecule has 182 valence electrons. The van der Waals surface area contributed by atoms with Crippen LogP contribution >= 0.6 is 0 Å². The van der Waals surface area contributed by atoms with E-state index in [0.717, 1.165) is 5.56 Å². The molecule has 1 aromatic heterocycles. The fraction of sp³-hybridized carbons (Fsp3) is 0.409. The van der Waals surface area contributed by atoms with Gasteiger partial charge >= 0.3 is 0 Å². The van der Waals surface area contributed by atoms with Crippen molar-refractivity contribution in [1.29, 1.82) is 0 Å². The van der Waals surface area contributed by atoms with Crippen LogP contribution in [0.3, 0.4) is 0 Å². The Labute approximate surface area is 193 Å². The number of nitrogens with one attached hydrogen (secondary N) is 2. The number of carbonyl (C=O) groups excluding carboxylic acids is 4. The van der Waals surface area contributed by atoms with Gasteiger partial charge in [-0.1, -0.05) is 38.8 Å². The lowest BCUT2D eigenvalue weighted by Gasteiger charge is -2.29. The predicted molar refractivity (Wildman–Crippen MR) is 124 cm³/mol. The molecular weight excluding hydrogens is 428 g/mol. The fourth-order valence-electron chi connectivity index (χ4n) is 2.60. The van der Waals surface area contributed by atoms with Gasteiger partial charge in [-0.15, -0.1) is 0 Å². The lowest BCUT2D eigenvalue weighted by atomic mass is 10.0. The van der Waals surface area contributed by atoms with Crippen molar-refractivity contribution >= 4 is 24.6 Å². The van der Waals surface area contributed by atoms with Crippen LogP contribution in [0, 0.1) is 0 Å². The highest BCUT2D eigenvalue weighted by molar-refractivity contribution is 5.90.